The molecule has 0 saturated heterocycles. The van der Waals surface area contributed by atoms with Gasteiger partial charge in [0, 0.05) is 9.90 Å². The van der Waals surface area contributed by atoms with Crippen molar-refractivity contribution in [3.05, 3.63) is 51.2 Å². The van der Waals surface area contributed by atoms with E-state index in [0.717, 1.165) is 17.7 Å². The Bertz CT molecular complexity index is 874. The number of carbonyl (C=O) groups excluding carboxylic acids is 2. The summed E-state index contributed by atoms with van der Waals surface area (Å²) in [5, 5.41) is 27.1. The lowest BCUT2D eigenvalue weighted by molar-refractivity contribution is -0.137. The van der Waals surface area contributed by atoms with Crippen LogP contribution >= 0.6 is 22.9 Å². The van der Waals surface area contributed by atoms with Crippen LogP contribution in [0.2, 0.25) is 5.02 Å². The highest BCUT2D eigenvalue weighted by Gasteiger charge is 2.46. The third-order valence-electron chi connectivity index (χ3n) is 4.28. The van der Waals surface area contributed by atoms with E-state index in [1.807, 2.05) is 23.6 Å². The van der Waals surface area contributed by atoms with Crippen LogP contribution in [0, 0.1) is 17.2 Å². The predicted molar refractivity (Wildman–Crippen MR) is 98.7 cm³/mol. The maximum atomic E-state index is 12.1. The number of amides is 2. The molecule has 26 heavy (non-hydrogen) atoms. The van der Waals surface area contributed by atoms with Gasteiger partial charge in [0.05, 0.1) is 17.8 Å². The van der Waals surface area contributed by atoms with Crippen molar-refractivity contribution in [2.75, 3.05) is 11.9 Å². The van der Waals surface area contributed by atoms with Crippen molar-refractivity contribution >= 4 is 40.4 Å². The van der Waals surface area contributed by atoms with Gasteiger partial charge in [0.1, 0.15) is 11.7 Å². The summed E-state index contributed by atoms with van der Waals surface area (Å²) < 4.78 is 0. The molecule has 134 valence electrons. The molecule has 1 heterocycles. The van der Waals surface area contributed by atoms with Crippen molar-refractivity contribution in [2.45, 2.75) is 18.4 Å². The number of nitriles is 1. The van der Waals surface area contributed by atoms with Crippen molar-refractivity contribution in [3.63, 3.8) is 0 Å². The first-order chi connectivity index (χ1) is 12.4. The van der Waals surface area contributed by atoms with Gasteiger partial charge in [0.25, 0.3) is 0 Å². The van der Waals surface area contributed by atoms with Gasteiger partial charge in [-0.05, 0) is 48.4 Å². The molecule has 3 rings (SSSR count). The van der Waals surface area contributed by atoms with Crippen LogP contribution < -0.4 is 10.6 Å². The van der Waals surface area contributed by atoms with E-state index in [9.17, 15) is 14.7 Å². The first-order valence-corrected chi connectivity index (χ1v) is 9.25. The Hall–Kier alpha value is -2.40. The van der Waals surface area contributed by atoms with Crippen molar-refractivity contribution in [1.82, 2.24) is 5.32 Å². The second kappa shape index (κ2) is 7.46. The lowest BCUT2D eigenvalue weighted by atomic mass is 9.95. The minimum absolute atomic E-state index is 0.0505. The molecule has 3 N–H and O–H groups in total. The molecule has 1 aliphatic carbocycles. The number of thiophene rings is 1. The summed E-state index contributed by atoms with van der Waals surface area (Å²) in [4.78, 5) is 25.0. The highest BCUT2D eigenvalue weighted by atomic mass is 35.5. The van der Waals surface area contributed by atoms with E-state index in [1.54, 1.807) is 0 Å². The van der Waals surface area contributed by atoms with Crippen LogP contribution in [0.4, 0.5) is 5.69 Å². The lowest BCUT2D eigenvalue weighted by Gasteiger charge is -2.27. The van der Waals surface area contributed by atoms with Crippen LogP contribution in [-0.4, -0.2) is 23.5 Å². The van der Waals surface area contributed by atoms with E-state index in [2.05, 4.69) is 10.6 Å². The Balaban J connectivity index is 1.66. The molecule has 2 amide bonds. The van der Waals surface area contributed by atoms with Crippen LogP contribution in [0.3, 0.4) is 0 Å². The third kappa shape index (κ3) is 3.88. The quantitative estimate of drug-likeness (QED) is 0.684. The molecule has 1 saturated carbocycles. The van der Waals surface area contributed by atoms with Gasteiger partial charge < -0.3 is 15.7 Å². The minimum atomic E-state index is -1.17. The molecule has 6 nitrogen and oxygen atoms in total. The fourth-order valence-electron chi connectivity index (χ4n) is 2.71. The zero-order valence-corrected chi connectivity index (χ0v) is 15.2. The summed E-state index contributed by atoms with van der Waals surface area (Å²) in [5.41, 5.74) is -0.808. The summed E-state index contributed by atoms with van der Waals surface area (Å²) in [6.45, 7) is -0.0505. The molecule has 0 radical (unpaired) electrons. The number of hydrogen-bond donors (Lipinski definition) is 3. The van der Waals surface area contributed by atoms with E-state index in [-0.39, 0.29) is 23.7 Å². The third-order valence-corrected chi connectivity index (χ3v) is 5.55. The number of halogens is 1. The Morgan fingerprint density at radius 1 is 1.35 bits per heavy atom. The Morgan fingerprint density at radius 3 is 2.73 bits per heavy atom. The first kappa shape index (κ1) is 18.4. The molecule has 0 unspecified atom stereocenters. The highest BCUT2D eigenvalue weighted by molar-refractivity contribution is 7.10. The average molecular weight is 390 g/mol. The monoisotopic (exact) mass is 389 g/mol. The smallest absolute Gasteiger partial charge is 0.313 e. The number of carbonyl (C=O) groups is 2. The molecule has 8 heteroatoms. The number of hydrogen-bond acceptors (Lipinski definition) is 5. The number of nitrogens with zero attached hydrogens (tertiary/aromatic N) is 1. The maximum absolute atomic E-state index is 12.1. The summed E-state index contributed by atoms with van der Waals surface area (Å²) in [7, 11) is 0. The molecule has 0 spiro atoms. The number of rotatable bonds is 5. The average Bonchev–Trinajstić information content (AvgIpc) is 3.34. The molecule has 0 aliphatic heterocycles. The molecule has 1 aromatic heterocycles. The van der Waals surface area contributed by atoms with Gasteiger partial charge in [0.15, 0.2) is 0 Å². The fraction of sp³-hybridized carbons (Fsp3) is 0.278. The molecule has 2 aromatic rings. The first-order valence-electron chi connectivity index (χ1n) is 7.99. The summed E-state index contributed by atoms with van der Waals surface area (Å²) in [6.07, 6.45) is 1.76. The molecule has 1 aliphatic rings. The second-order valence-electron chi connectivity index (χ2n) is 6.11. The van der Waals surface area contributed by atoms with Crippen LogP contribution in [0.1, 0.15) is 23.3 Å². The maximum Gasteiger partial charge on any atom is 0.313 e. The van der Waals surface area contributed by atoms with Crippen LogP contribution in [-0.2, 0) is 15.2 Å². The SMILES string of the molecule is N#Cc1ccc(Cl)cc1NC(=O)C(=O)NC[C@@](O)(c1cccs1)C1CC1. The predicted octanol–water partition coefficient (Wildman–Crippen LogP) is 2.63. The second-order valence-corrected chi connectivity index (χ2v) is 7.50. The molecule has 1 fully saturated rings. The topological polar surface area (TPSA) is 102 Å². The van der Waals surface area contributed by atoms with Gasteiger partial charge in [-0.3, -0.25) is 9.59 Å². The van der Waals surface area contributed by atoms with Crippen LogP contribution in [0.5, 0.6) is 0 Å². The molecule has 0 bridgehead atoms. The van der Waals surface area contributed by atoms with E-state index in [1.165, 1.54) is 29.5 Å². The minimum Gasteiger partial charge on any atom is -0.382 e. The number of anilines is 1. The van der Waals surface area contributed by atoms with Crippen LogP contribution in [0.15, 0.2) is 35.7 Å². The van der Waals surface area contributed by atoms with Gasteiger partial charge >= 0.3 is 11.8 Å². The molecular weight excluding hydrogens is 374 g/mol. The highest BCUT2D eigenvalue weighted by Crippen LogP contribution is 2.46. The largest absolute Gasteiger partial charge is 0.382 e. The van der Waals surface area contributed by atoms with Gasteiger partial charge in [0.2, 0.25) is 0 Å². The normalized spacial score (nSPS) is 15.6. The Labute approximate surface area is 159 Å². The Kier molecular flexibility index (Phi) is 5.28. The van der Waals surface area contributed by atoms with E-state index in [4.69, 9.17) is 16.9 Å². The number of aliphatic hydroxyl groups is 1. The van der Waals surface area contributed by atoms with E-state index in [0.29, 0.717) is 5.02 Å². The van der Waals surface area contributed by atoms with Crippen molar-refractivity contribution in [2.24, 2.45) is 5.92 Å². The summed E-state index contributed by atoms with van der Waals surface area (Å²) >= 11 is 7.28. The van der Waals surface area contributed by atoms with E-state index >= 15 is 0 Å². The van der Waals surface area contributed by atoms with Gasteiger partial charge in [-0.25, -0.2) is 0 Å². The van der Waals surface area contributed by atoms with Crippen molar-refractivity contribution < 1.29 is 14.7 Å². The molecule has 1 aromatic carbocycles. The standard InChI is InChI=1S/C18H16ClN3O3S/c19-13-6-3-11(9-20)14(8-13)22-17(24)16(23)21-10-18(25,12-4-5-12)15-2-1-7-26-15/h1-3,6-8,12,25H,4-5,10H2,(H,21,23)(H,22,24)/t18-/m0/s1. The van der Waals surface area contributed by atoms with Crippen LogP contribution in [0.25, 0.3) is 0 Å². The Morgan fingerprint density at radius 2 is 2.12 bits per heavy atom. The fourth-order valence-corrected chi connectivity index (χ4v) is 3.79. The number of nitrogens with one attached hydrogen (secondary N) is 2. The number of benzene rings is 1. The van der Waals surface area contributed by atoms with Gasteiger partial charge in [-0.15, -0.1) is 11.3 Å². The van der Waals surface area contributed by atoms with Gasteiger partial charge in [-0.2, -0.15) is 5.26 Å². The summed E-state index contributed by atoms with van der Waals surface area (Å²) in [6, 6.07) is 9.96. The van der Waals surface area contributed by atoms with Gasteiger partial charge in [-0.1, -0.05) is 17.7 Å². The van der Waals surface area contributed by atoms with E-state index < -0.39 is 17.4 Å². The lowest BCUT2D eigenvalue weighted by Crippen LogP contribution is -2.45. The zero-order chi connectivity index (χ0) is 18.7. The molecule has 1 atom stereocenters. The van der Waals surface area contributed by atoms with Crippen molar-refractivity contribution in [1.29, 1.82) is 5.26 Å². The summed E-state index contributed by atoms with van der Waals surface area (Å²) in [5.74, 6) is -1.74. The molecular formula is C18H16ClN3O3S. The van der Waals surface area contributed by atoms with Crippen molar-refractivity contribution in [3.8, 4) is 6.07 Å². The zero-order valence-electron chi connectivity index (χ0n) is 13.7.